The molecule has 0 aromatic heterocycles. The van der Waals surface area contributed by atoms with Gasteiger partial charge < -0.3 is 4.74 Å². The van der Waals surface area contributed by atoms with Crippen molar-refractivity contribution < 1.29 is 17.9 Å². The van der Waals surface area contributed by atoms with E-state index in [1.54, 1.807) is 37.3 Å². The van der Waals surface area contributed by atoms with E-state index in [-0.39, 0.29) is 11.4 Å². The van der Waals surface area contributed by atoms with Crippen LogP contribution in [0.25, 0.3) is 0 Å². The van der Waals surface area contributed by atoms with Crippen molar-refractivity contribution in [3.05, 3.63) is 64.2 Å². The van der Waals surface area contributed by atoms with Crippen LogP contribution in [0.5, 0.6) is 0 Å². The quantitative estimate of drug-likeness (QED) is 0.735. The van der Waals surface area contributed by atoms with Gasteiger partial charge in [-0.05, 0) is 43.5 Å². The average Bonchev–Trinajstić information content (AvgIpc) is 2.89. The van der Waals surface area contributed by atoms with E-state index in [1.165, 1.54) is 4.31 Å². The predicted octanol–water partition coefficient (Wildman–Crippen LogP) is 3.50. The molecule has 2 aromatic rings. The number of halogens is 1. The molecule has 2 aliphatic heterocycles. The smallest absolute Gasteiger partial charge is 0.339 e. The minimum atomic E-state index is -3.74. The number of fused-ring (bicyclic) bond motifs is 2. The summed E-state index contributed by atoms with van der Waals surface area (Å²) in [7, 11) is -3.74. The fourth-order valence-corrected chi connectivity index (χ4v) is 5.85. The van der Waals surface area contributed by atoms with Crippen LogP contribution in [-0.2, 0) is 20.4 Å². The topological polar surface area (TPSA) is 63.7 Å². The third-order valence-corrected chi connectivity index (χ3v) is 7.58. The number of esters is 1. The maximum absolute atomic E-state index is 13.2. The Morgan fingerprint density at radius 2 is 1.92 bits per heavy atom. The van der Waals surface area contributed by atoms with Crippen molar-refractivity contribution in [2.24, 2.45) is 0 Å². The number of nitrogens with zero attached hydrogens (tertiary/aromatic N) is 1. The summed E-state index contributed by atoms with van der Waals surface area (Å²) in [6, 6.07) is 12.1. The van der Waals surface area contributed by atoms with Crippen LogP contribution >= 0.6 is 11.6 Å². The number of hydrogen-bond acceptors (Lipinski definition) is 4. The Balaban J connectivity index is 1.74. The van der Waals surface area contributed by atoms with E-state index in [0.29, 0.717) is 35.5 Å². The zero-order valence-electron chi connectivity index (χ0n) is 14.2. The molecule has 1 saturated heterocycles. The van der Waals surface area contributed by atoms with E-state index in [2.05, 4.69) is 0 Å². The Morgan fingerprint density at radius 3 is 2.73 bits per heavy atom. The molecule has 0 unspecified atom stereocenters. The lowest BCUT2D eigenvalue weighted by atomic mass is 9.86. The van der Waals surface area contributed by atoms with Crippen molar-refractivity contribution in [2.75, 3.05) is 13.1 Å². The number of benzene rings is 2. The molecule has 1 atom stereocenters. The van der Waals surface area contributed by atoms with Crippen LogP contribution in [0.1, 0.15) is 34.3 Å². The van der Waals surface area contributed by atoms with Gasteiger partial charge in [-0.25, -0.2) is 13.2 Å². The number of hydrogen-bond donors (Lipinski definition) is 0. The molecule has 2 heterocycles. The second-order valence-electron chi connectivity index (χ2n) is 6.73. The van der Waals surface area contributed by atoms with E-state index >= 15 is 0 Å². The van der Waals surface area contributed by atoms with Gasteiger partial charge in [0.1, 0.15) is 0 Å². The summed E-state index contributed by atoms with van der Waals surface area (Å²) >= 11 is 6.11. The minimum Gasteiger partial charge on any atom is -0.449 e. The lowest BCUT2D eigenvalue weighted by molar-refractivity contribution is -0.0345. The highest BCUT2D eigenvalue weighted by Crippen LogP contribution is 2.44. The van der Waals surface area contributed by atoms with Crippen molar-refractivity contribution in [1.29, 1.82) is 0 Å². The summed E-state index contributed by atoms with van der Waals surface area (Å²) in [5.74, 6) is -0.390. The van der Waals surface area contributed by atoms with Crippen LogP contribution in [0.2, 0.25) is 5.02 Å². The summed E-state index contributed by atoms with van der Waals surface area (Å²) in [5.41, 5.74) is 0.905. The third-order valence-electron chi connectivity index (χ3n) is 5.18. The van der Waals surface area contributed by atoms with Gasteiger partial charge in [-0.3, -0.25) is 0 Å². The second-order valence-corrected chi connectivity index (χ2v) is 9.05. The molecule has 5 nitrogen and oxygen atoms in total. The van der Waals surface area contributed by atoms with Gasteiger partial charge in [0.05, 0.1) is 17.0 Å². The van der Waals surface area contributed by atoms with Crippen molar-refractivity contribution in [3.8, 4) is 0 Å². The summed E-state index contributed by atoms with van der Waals surface area (Å²) in [6.07, 6.45) is 1.22. The Kier molecular flexibility index (Phi) is 4.10. The standard InChI is InChI=1S/C19H18ClNO4S/c1-13-16(20)8-4-9-17(13)26(23,24)21-11-5-10-19(12-21)15-7-3-2-6-14(15)18(22)25-19/h2-4,6-9H,5,10-12H2,1H3/t19-/m1/s1. The summed E-state index contributed by atoms with van der Waals surface area (Å²) in [6.45, 7) is 2.19. The Bertz CT molecular complexity index is 1000. The van der Waals surface area contributed by atoms with Gasteiger partial charge in [0, 0.05) is 17.1 Å². The molecule has 136 valence electrons. The molecule has 0 amide bonds. The van der Waals surface area contributed by atoms with Gasteiger partial charge in [0.25, 0.3) is 0 Å². The molecule has 0 aliphatic carbocycles. The van der Waals surface area contributed by atoms with Crippen molar-refractivity contribution >= 4 is 27.6 Å². The Hall–Kier alpha value is -1.89. The van der Waals surface area contributed by atoms with Gasteiger partial charge >= 0.3 is 5.97 Å². The van der Waals surface area contributed by atoms with E-state index in [0.717, 1.165) is 5.56 Å². The summed E-state index contributed by atoms with van der Waals surface area (Å²) in [4.78, 5) is 12.5. The number of ether oxygens (including phenoxy) is 1. The molecule has 2 aromatic carbocycles. The van der Waals surface area contributed by atoms with E-state index in [4.69, 9.17) is 16.3 Å². The molecule has 0 N–H and O–H groups in total. The first-order valence-corrected chi connectivity index (χ1v) is 10.3. The monoisotopic (exact) mass is 391 g/mol. The molecule has 1 fully saturated rings. The first kappa shape index (κ1) is 17.5. The Labute approximate surface area is 157 Å². The third kappa shape index (κ3) is 2.55. The maximum Gasteiger partial charge on any atom is 0.339 e. The van der Waals surface area contributed by atoms with Gasteiger partial charge in [0.2, 0.25) is 10.0 Å². The summed E-state index contributed by atoms with van der Waals surface area (Å²) in [5, 5.41) is 0.412. The van der Waals surface area contributed by atoms with Crippen molar-refractivity contribution in [1.82, 2.24) is 4.31 Å². The first-order chi connectivity index (χ1) is 12.3. The molecule has 0 saturated carbocycles. The first-order valence-electron chi connectivity index (χ1n) is 8.43. The largest absolute Gasteiger partial charge is 0.449 e. The summed E-state index contributed by atoms with van der Waals surface area (Å²) < 4.78 is 33.6. The normalized spacial score (nSPS) is 23.1. The zero-order valence-corrected chi connectivity index (χ0v) is 15.8. The van der Waals surface area contributed by atoms with E-state index in [9.17, 15) is 13.2 Å². The van der Waals surface area contributed by atoms with Crippen molar-refractivity contribution in [3.63, 3.8) is 0 Å². The van der Waals surface area contributed by atoms with Crippen molar-refractivity contribution in [2.45, 2.75) is 30.3 Å². The number of rotatable bonds is 2. The highest BCUT2D eigenvalue weighted by molar-refractivity contribution is 7.89. The van der Waals surface area contributed by atoms with Gasteiger partial charge in [-0.2, -0.15) is 4.31 Å². The lowest BCUT2D eigenvalue weighted by Crippen LogP contribution is -2.48. The van der Waals surface area contributed by atoms with Gasteiger partial charge in [-0.1, -0.05) is 35.9 Å². The fourth-order valence-electron chi connectivity index (χ4n) is 3.84. The number of carbonyl (C=O) groups is 1. The lowest BCUT2D eigenvalue weighted by Gasteiger charge is -2.39. The molecular formula is C19H18ClNO4S. The minimum absolute atomic E-state index is 0.115. The van der Waals surface area contributed by atoms with E-state index in [1.807, 2.05) is 12.1 Å². The number of piperidine rings is 1. The molecule has 2 aliphatic rings. The van der Waals surface area contributed by atoms with Crippen LogP contribution in [0, 0.1) is 6.92 Å². The molecule has 0 radical (unpaired) electrons. The fraction of sp³-hybridized carbons (Fsp3) is 0.316. The van der Waals surface area contributed by atoms with Gasteiger partial charge in [0.15, 0.2) is 5.60 Å². The van der Waals surface area contributed by atoms with E-state index < -0.39 is 21.6 Å². The SMILES string of the molecule is Cc1c(Cl)cccc1S(=O)(=O)N1CCC[C@]2(C1)OC(=O)c1ccccc12. The van der Waals surface area contributed by atoms with Crippen LogP contribution in [0.4, 0.5) is 0 Å². The molecule has 26 heavy (non-hydrogen) atoms. The van der Waals surface area contributed by atoms with Gasteiger partial charge in [-0.15, -0.1) is 0 Å². The second kappa shape index (κ2) is 6.08. The maximum atomic E-state index is 13.2. The highest BCUT2D eigenvalue weighted by Gasteiger charge is 2.50. The Morgan fingerprint density at radius 1 is 1.15 bits per heavy atom. The highest BCUT2D eigenvalue weighted by atomic mass is 35.5. The van der Waals surface area contributed by atoms with Crippen LogP contribution < -0.4 is 0 Å². The molecule has 7 heteroatoms. The molecule has 1 spiro atoms. The zero-order chi connectivity index (χ0) is 18.5. The number of sulfonamides is 1. The van der Waals surface area contributed by atoms with Crippen LogP contribution in [-0.4, -0.2) is 31.8 Å². The van der Waals surface area contributed by atoms with Crippen LogP contribution in [0.15, 0.2) is 47.4 Å². The predicted molar refractivity (Wildman–Crippen MR) is 97.7 cm³/mol. The molecular weight excluding hydrogens is 374 g/mol. The molecule has 0 bridgehead atoms. The molecule has 4 rings (SSSR count). The van der Waals surface area contributed by atoms with Crippen LogP contribution in [0.3, 0.4) is 0 Å². The number of carbonyl (C=O) groups excluding carboxylic acids is 1. The average molecular weight is 392 g/mol.